The van der Waals surface area contributed by atoms with Crippen LogP contribution in [0.1, 0.15) is 42.7 Å². The molecule has 7 heteroatoms. The van der Waals surface area contributed by atoms with Crippen LogP contribution in [0, 0.1) is 0 Å². The zero-order valence-electron chi connectivity index (χ0n) is 19.8. The van der Waals surface area contributed by atoms with Gasteiger partial charge in [-0.3, -0.25) is 0 Å². The van der Waals surface area contributed by atoms with Crippen molar-refractivity contribution < 1.29 is 14.2 Å². The molecule has 182 valence electrons. The summed E-state index contributed by atoms with van der Waals surface area (Å²) in [5, 5.41) is 9.02. The molecule has 1 N–H and O–H groups in total. The summed E-state index contributed by atoms with van der Waals surface area (Å²) in [6.07, 6.45) is 5.13. The maximum atomic E-state index is 6.28. The Morgan fingerprint density at radius 3 is 2.66 bits per heavy atom. The Hall–Kier alpha value is -2.87. The van der Waals surface area contributed by atoms with Crippen LogP contribution in [0.4, 0.5) is 0 Å². The molecule has 3 aromatic carbocycles. The van der Waals surface area contributed by atoms with E-state index in [1.807, 2.05) is 48.3 Å². The van der Waals surface area contributed by atoms with Crippen LogP contribution in [0.5, 0.6) is 11.5 Å². The molecule has 2 unspecified atom stereocenters. The minimum atomic E-state index is -0.0112. The van der Waals surface area contributed by atoms with Crippen molar-refractivity contribution in [2.24, 2.45) is 0 Å². The number of aromatic nitrogens is 2. The normalized spacial score (nSPS) is 16.8. The van der Waals surface area contributed by atoms with Gasteiger partial charge in [-0.2, -0.15) is 5.10 Å². The zero-order valence-corrected chi connectivity index (χ0v) is 21.4. The van der Waals surface area contributed by atoms with Crippen LogP contribution in [0.25, 0.3) is 10.9 Å². The van der Waals surface area contributed by atoms with Gasteiger partial charge < -0.3 is 19.5 Å². The number of likely N-dealkylation sites (N-methyl/N-ethyl adjacent to an activating group) is 1. The third kappa shape index (κ3) is 5.69. The second kappa shape index (κ2) is 11.2. The molecule has 35 heavy (non-hydrogen) atoms. The van der Waals surface area contributed by atoms with Crippen molar-refractivity contribution in [3.63, 3.8) is 0 Å². The van der Waals surface area contributed by atoms with E-state index < -0.39 is 0 Å². The van der Waals surface area contributed by atoms with Gasteiger partial charge in [-0.1, -0.05) is 42.5 Å². The van der Waals surface area contributed by atoms with Gasteiger partial charge >= 0.3 is 0 Å². The van der Waals surface area contributed by atoms with Crippen LogP contribution in [-0.2, 0) is 11.3 Å². The zero-order chi connectivity index (χ0) is 24.0. The van der Waals surface area contributed by atoms with E-state index in [-0.39, 0.29) is 12.3 Å². The van der Waals surface area contributed by atoms with Crippen molar-refractivity contribution in [1.82, 2.24) is 15.1 Å². The molecule has 1 aromatic heterocycles. The second-order valence-electron chi connectivity index (χ2n) is 8.75. The highest BCUT2D eigenvalue weighted by Gasteiger charge is 2.20. The molecule has 2 atom stereocenters. The summed E-state index contributed by atoms with van der Waals surface area (Å²) < 4.78 is 21.0. The molecular formula is C28H30BrN3O3. The lowest BCUT2D eigenvalue weighted by atomic mass is 10.1. The first-order chi connectivity index (χ1) is 17.2. The van der Waals surface area contributed by atoms with Gasteiger partial charge in [0.25, 0.3) is 0 Å². The fourth-order valence-corrected chi connectivity index (χ4v) is 4.84. The number of hydrogen-bond donors (Lipinski definition) is 1. The lowest BCUT2D eigenvalue weighted by Crippen LogP contribution is -2.23. The SMILES string of the molecule is CNC(COc1cc2c(cnn2C2CCCCO2)cc1Br)c1ccc(OCc2ccccc2)cc1. The molecule has 0 saturated carbocycles. The molecule has 1 aliphatic heterocycles. The molecule has 1 aliphatic rings. The minimum absolute atomic E-state index is 0.0112. The van der Waals surface area contributed by atoms with Crippen LogP contribution in [0.3, 0.4) is 0 Å². The standard InChI is InChI=1S/C28H30BrN3O3/c1-30-25(21-10-12-23(13-11-21)34-18-20-7-3-2-4-8-20)19-35-27-16-26-22(15-24(27)29)17-31-32(26)28-9-5-6-14-33-28/h2-4,7-8,10-13,15-17,25,28,30H,5-6,9,14,18-19H2,1H3. The van der Waals surface area contributed by atoms with Gasteiger partial charge in [-0.25, -0.2) is 4.68 Å². The topological polar surface area (TPSA) is 57.5 Å². The van der Waals surface area contributed by atoms with Crippen LogP contribution in [0.15, 0.2) is 77.4 Å². The molecule has 4 aromatic rings. The highest BCUT2D eigenvalue weighted by Crippen LogP contribution is 2.34. The van der Waals surface area contributed by atoms with E-state index >= 15 is 0 Å². The highest BCUT2D eigenvalue weighted by atomic mass is 79.9. The Kier molecular flexibility index (Phi) is 7.66. The number of ether oxygens (including phenoxy) is 3. The average molecular weight is 536 g/mol. The predicted octanol–water partition coefficient (Wildman–Crippen LogP) is 6.42. The summed E-state index contributed by atoms with van der Waals surface area (Å²) >= 11 is 3.67. The summed E-state index contributed by atoms with van der Waals surface area (Å²) in [5.41, 5.74) is 3.31. The maximum absolute atomic E-state index is 6.28. The summed E-state index contributed by atoms with van der Waals surface area (Å²) in [6.45, 7) is 1.82. The summed E-state index contributed by atoms with van der Waals surface area (Å²) in [6, 6.07) is 22.5. The van der Waals surface area contributed by atoms with E-state index in [0.29, 0.717) is 13.2 Å². The highest BCUT2D eigenvalue weighted by molar-refractivity contribution is 9.10. The van der Waals surface area contributed by atoms with Gasteiger partial charge in [-0.15, -0.1) is 0 Å². The van der Waals surface area contributed by atoms with Crippen molar-refractivity contribution in [3.05, 3.63) is 88.5 Å². The van der Waals surface area contributed by atoms with Gasteiger partial charge in [0.2, 0.25) is 0 Å². The Balaban J connectivity index is 1.25. The lowest BCUT2D eigenvalue weighted by molar-refractivity contribution is -0.0366. The number of hydrogen-bond acceptors (Lipinski definition) is 5. The van der Waals surface area contributed by atoms with E-state index in [4.69, 9.17) is 14.2 Å². The molecule has 0 amide bonds. The molecule has 1 fully saturated rings. The van der Waals surface area contributed by atoms with E-state index in [1.54, 1.807) is 0 Å². The Labute approximate surface area is 214 Å². The largest absolute Gasteiger partial charge is 0.490 e. The van der Waals surface area contributed by atoms with Crippen molar-refractivity contribution in [2.45, 2.75) is 38.1 Å². The number of nitrogens with one attached hydrogen (secondary N) is 1. The van der Waals surface area contributed by atoms with E-state index in [0.717, 1.165) is 63.9 Å². The molecule has 5 rings (SSSR count). The second-order valence-corrected chi connectivity index (χ2v) is 9.60. The third-order valence-corrected chi connectivity index (χ3v) is 6.98. The van der Waals surface area contributed by atoms with Gasteiger partial charge in [-0.05, 0) is 71.6 Å². The smallest absolute Gasteiger partial charge is 0.150 e. The van der Waals surface area contributed by atoms with Crippen LogP contribution in [0.2, 0.25) is 0 Å². The number of fused-ring (bicyclic) bond motifs is 1. The van der Waals surface area contributed by atoms with E-state index in [2.05, 4.69) is 62.7 Å². The number of nitrogens with zero attached hydrogens (tertiary/aromatic N) is 2. The van der Waals surface area contributed by atoms with E-state index in [9.17, 15) is 0 Å². The number of rotatable bonds is 9. The van der Waals surface area contributed by atoms with Crippen molar-refractivity contribution in [3.8, 4) is 11.5 Å². The molecule has 6 nitrogen and oxygen atoms in total. The monoisotopic (exact) mass is 535 g/mol. The number of halogens is 1. The van der Waals surface area contributed by atoms with Crippen LogP contribution < -0.4 is 14.8 Å². The van der Waals surface area contributed by atoms with Crippen molar-refractivity contribution in [2.75, 3.05) is 20.3 Å². The Morgan fingerprint density at radius 2 is 1.91 bits per heavy atom. The number of benzene rings is 3. The molecule has 0 spiro atoms. The molecule has 0 bridgehead atoms. The average Bonchev–Trinajstić information content (AvgIpc) is 3.32. The molecule has 1 saturated heterocycles. The van der Waals surface area contributed by atoms with Crippen LogP contribution >= 0.6 is 15.9 Å². The van der Waals surface area contributed by atoms with E-state index in [1.165, 1.54) is 0 Å². The van der Waals surface area contributed by atoms with Crippen molar-refractivity contribution >= 4 is 26.8 Å². The molecule has 0 radical (unpaired) electrons. The molecular weight excluding hydrogens is 506 g/mol. The summed E-state index contributed by atoms with van der Waals surface area (Å²) in [5.74, 6) is 1.64. The van der Waals surface area contributed by atoms with Gasteiger partial charge in [0, 0.05) is 18.1 Å². The quantitative estimate of drug-likeness (QED) is 0.268. The summed E-state index contributed by atoms with van der Waals surface area (Å²) in [7, 11) is 1.95. The molecule has 2 heterocycles. The maximum Gasteiger partial charge on any atom is 0.150 e. The van der Waals surface area contributed by atoms with Gasteiger partial charge in [0.05, 0.1) is 22.2 Å². The Bertz CT molecular complexity index is 1240. The third-order valence-electron chi connectivity index (χ3n) is 6.36. The van der Waals surface area contributed by atoms with Crippen LogP contribution in [-0.4, -0.2) is 30.0 Å². The first-order valence-corrected chi connectivity index (χ1v) is 12.9. The van der Waals surface area contributed by atoms with Gasteiger partial charge in [0.15, 0.2) is 6.23 Å². The fraction of sp³-hybridized carbons (Fsp3) is 0.321. The Morgan fingerprint density at radius 1 is 1.09 bits per heavy atom. The first kappa shape index (κ1) is 23.9. The minimum Gasteiger partial charge on any atom is -0.490 e. The lowest BCUT2D eigenvalue weighted by Gasteiger charge is -2.23. The first-order valence-electron chi connectivity index (χ1n) is 12.1. The van der Waals surface area contributed by atoms with Gasteiger partial charge in [0.1, 0.15) is 24.7 Å². The fourth-order valence-electron chi connectivity index (χ4n) is 4.36. The van der Waals surface area contributed by atoms with Crippen molar-refractivity contribution in [1.29, 1.82) is 0 Å². The predicted molar refractivity (Wildman–Crippen MR) is 141 cm³/mol. The summed E-state index contributed by atoms with van der Waals surface area (Å²) in [4.78, 5) is 0. The molecule has 0 aliphatic carbocycles.